The molecule has 0 aliphatic carbocycles. The van der Waals surface area contributed by atoms with Crippen molar-refractivity contribution in [1.82, 2.24) is 4.90 Å². The molecule has 1 fully saturated rings. The summed E-state index contributed by atoms with van der Waals surface area (Å²) in [6.07, 6.45) is 0. The predicted octanol–water partition coefficient (Wildman–Crippen LogP) is 1.89. The quantitative estimate of drug-likeness (QED) is 0.793. The Balaban J connectivity index is 1.99. The van der Waals surface area contributed by atoms with Gasteiger partial charge in [-0.15, -0.1) is 0 Å². The van der Waals surface area contributed by atoms with Gasteiger partial charge in [-0.2, -0.15) is 0 Å². The van der Waals surface area contributed by atoms with E-state index in [1.54, 1.807) is 4.90 Å². The van der Waals surface area contributed by atoms with Crippen molar-refractivity contribution in [1.29, 1.82) is 0 Å². The van der Waals surface area contributed by atoms with Crippen molar-refractivity contribution in [3.8, 4) is 0 Å². The lowest BCUT2D eigenvalue weighted by Crippen LogP contribution is -2.40. The topological polar surface area (TPSA) is 55.6 Å². The number of anilines is 1. The Morgan fingerprint density at radius 1 is 1.11 bits per heavy atom. The van der Waals surface area contributed by atoms with Crippen LogP contribution in [0.15, 0.2) is 36.4 Å². The summed E-state index contributed by atoms with van der Waals surface area (Å²) in [7, 11) is 0. The first-order valence-corrected chi connectivity index (χ1v) is 6.41. The number of nitrogens with zero attached hydrogens (tertiary/aromatic N) is 1. The third-order valence-corrected chi connectivity index (χ3v) is 3.45. The first-order chi connectivity index (χ1) is 9.25. The van der Waals surface area contributed by atoms with Gasteiger partial charge < -0.3 is 15.4 Å². The molecule has 3 rings (SSSR count). The highest BCUT2D eigenvalue weighted by Crippen LogP contribution is 2.23. The Kier molecular flexibility index (Phi) is 3.09. The molecule has 0 spiro atoms. The van der Waals surface area contributed by atoms with Crippen LogP contribution in [-0.4, -0.2) is 37.1 Å². The molecule has 0 radical (unpaired) electrons. The van der Waals surface area contributed by atoms with Gasteiger partial charge in [-0.25, -0.2) is 0 Å². The zero-order valence-corrected chi connectivity index (χ0v) is 10.6. The molecule has 0 unspecified atom stereocenters. The number of morpholine rings is 1. The van der Waals surface area contributed by atoms with Gasteiger partial charge in [-0.3, -0.25) is 4.79 Å². The number of amides is 1. The summed E-state index contributed by atoms with van der Waals surface area (Å²) in [5.41, 5.74) is 7.14. The van der Waals surface area contributed by atoms with Crippen LogP contribution >= 0.6 is 0 Å². The highest BCUT2D eigenvalue weighted by molar-refractivity contribution is 6.03. The number of hydrogen-bond donors (Lipinski definition) is 1. The molecule has 1 heterocycles. The van der Waals surface area contributed by atoms with Gasteiger partial charge in [-0.05, 0) is 22.9 Å². The Hall–Kier alpha value is -2.07. The van der Waals surface area contributed by atoms with Crippen LogP contribution in [-0.2, 0) is 4.74 Å². The number of benzene rings is 2. The van der Waals surface area contributed by atoms with E-state index >= 15 is 0 Å². The summed E-state index contributed by atoms with van der Waals surface area (Å²) in [6.45, 7) is 2.45. The molecular weight excluding hydrogens is 240 g/mol. The Morgan fingerprint density at radius 2 is 1.74 bits per heavy atom. The van der Waals surface area contributed by atoms with Gasteiger partial charge in [0.15, 0.2) is 0 Å². The molecule has 1 aliphatic heterocycles. The zero-order chi connectivity index (χ0) is 13.2. The lowest BCUT2D eigenvalue weighted by molar-refractivity contribution is 0.0303. The van der Waals surface area contributed by atoms with E-state index in [-0.39, 0.29) is 5.91 Å². The lowest BCUT2D eigenvalue weighted by atomic mass is 10.0. The molecule has 1 aliphatic rings. The van der Waals surface area contributed by atoms with Crippen LogP contribution in [0.2, 0.25) is 0 Å². The molecule has 2 aromatic rings. The number of rotatable bonds is 1. The predicted molar refractivity (Wildman–Crippen MR) is 75.1 cm³/mol. The Morgan fingerprint density at radius 3 is 2.42 bits per heavy atom. The summed E-state index contributed by atoms with van der Waals surface area (Å²) in [4.78, 5) is 14.3. The van der Waals surface area contributed by atoms with E-state index in [2.05, 4.69) is 0 Å². The lowest BCUT2D eigenvalue weighted by Gasteiger charge is -2.27. The molecular formula is C15H16N2O2. The molecule has 98 valence electrons. The van der Waals surface area contributed by atoms with Crippen LogP contribution in [0.1, 0.15) is 10.4 Å². The van der Waals surface area contributed by atoms with Crippen molar-refractivity contribution in [2.75, 3.05) is 32.0 Å². The normalized spacial score (nSPS) is 15.7. The van der Waals surface area contributed by atoms with Crippen molar-refractivity contribution in [3.05, 3.63) is 42.0 Å². The monoisotopic (exact) mass is 256 g/mol. The summed E-state index contributed by atoms with van der Waals surface area (Å²) in [5, 5.41) is 2.09. The highest BCUT2D eigenvalue weighted by atomic mass is 16.5. The number of hydrogen-bond acceptors (Lipinski definition) is 3. The number of ether oxygens (including phenoxy) is 1. The average molecular weight is 256 g/mol. The number of carbonyl (C=O) groups excluding carboxylic acids is 1. The Labute approximate surface area is 111 Å². The molecule has 4 heteroatoms. The molecule has 0 bridgehead atoms. The maximum Gasteiger partial charge on any atom is 0.256 e. The van der Waals surface area contributed by atoms with E-state index < -0.39 is 0 Å². The van der Waals surface area contributed by atoms with E-state index in [0.29, 0.717) is 37.6 Å². The second-order valence-electron chi connectivity index (χ2n) is 4.69. The van der Waals surface area contributed by atoms with Gasteiger partial charge in [0.05, 0.1) is 18.8 Å². The average Bonchev–Trinajstić information content (AvgIpc) is 2.47. The van der Waals surface area contributed by atoms with Gasteiger partial charge in [0.2, 0.25) is 0 Å². The first kappa shape index (κ1) is 12.0. The van der Waals surface area contributed by atoms with E-state index in [1.165, 1.54) is 0 Å². The Bertz CT molecular complexity index is 619. The molecule has 19 heavy (non-hydrogen) atoms. The van der Waals surface area contributed by atoms with Crippen molar-refractivity contribution < 1.29 is 9.53 Å². The molecule has 2 N–H and O–H groups in total. The van der Waals surface area contributed by atoms with Crippen LogP contribution in [0.3, 0.4) is 0 Å². The highest BCUT2D eigenvalue weighted by Gasteiger charge is 2.20. The molecule has 1 saturated heterocycles. The molecule has 0 saturated carbocycles. The molecule has 0 aromatic heterocycles. The zero-order valence-electron chi connectivity index (χ0n) is 10.6. The SMILES string of the molecule is Nc1cc2ccccc2cc1C(=O)N1CCOCC1. The largest absolute Gasteiger partial charge is 0.398 e. The van der Waals surface area contributed by atoms with Gasteiger partial charge in [0, 0.05) is 18.8 Å². The number of carbonyl (C=O) groups is 1. The van der Waals surface area contributed by atoms with Crippen LogP contribution in [0, 0.1) is 0 Å². The number of nitrogen functional groups attached to an aromatic ring is 1. The minimum absolute atomic E-state index is 0.00782. The number of fused-ring (bicyclic) bond motifs is 1. The molecule has 1 amide bonds. The van der Waals surface area contributed by atoms with Crippen molar-refractivity contribution in [2.24, 2.45) is 0 Å². The van der Waals surface area contributed by atoms with E-state index in [9.17, 15) is 4.79 Å². The molecule has 4 nitrogen and oxygen atoms in total. The summed E-state index contributed by atoms with van der Waals surface area (Å²) < 4.78 is 5.26. The fourth-order valence-corrected chi connectivity index (χ4v) is 2.38. The smallest absolute Gasteiger partial charge is 0.256 e. The second kappa shape index (κ2) is 4.90. The summed E-state index contributed by atoms with van der Waals surface area (Å²) in [6, 6.07) is 11.7. The standard InChI is InChI=1S/C15H16N2O2/c16-14-10-12-4-2-1-3-11(12)9-13(14)15(18)17-5-7-19-8-6-17/h1-4,9-10H,5-8,16H2. The molecule has 2 aromatic carbocycles. The maximum absolute atomic E-state index is 12.5. The maximum atomic E-state index is 12.5. The summed E-state index contributed by atoms with van der Waals surface area (Å²) in [5.74, 6) is -0.00782. The van der Waals surface area contributed by atoms with Crippen molar-refractivity contribution in [2.45, 2.75) is 0 Å². The second-order valence-corrected chi connectivity index (χ2v) is 4.69. The van der Waals surface area contributed by atoms with E-state index in [4.69, 9.17) is 10.5 Å². The van der Waals surface area contributed by atoms with Gasteiger partial charge in [0.1, 0.15) is 0 Å². The van der Waals surface area contributed by atoms with Crippen LogP contribution in [0.25, 0.3) is 10.8 Å². The number of nitrogens with two attached hydrogens (primary N) is 1. The third-order valence-electron chi connectivity index (χ3n) is 3.45. The van der Waals surface area contributed by atoms with Crippen LogP contribution < -0.4 is 5.73 Å². The fourth-order valence-electron chi connectivity index (χ4n) is 2.38. The van der Waals surface area contributed by atoms with Crippen molar-refractivity contribution >= 4 is 22.4 Å². The minimum atomic E-state index is -0.00782. The van der Waals surface area contributed by atoms with Crippen LogP contribution in [0.5, 0.6) is 0 Å². The van der Waals surface area contributed by atoms with Crippen molar-refractivity contribution in [3.63, 3.8) is 0 Å². The van der Waals surface area contributed by atoms with E-state index in [1.807, 2.05) is 36.4 Å². The first-order valence-electron chi connectivity index (χ1n) is 6.41. The van der Waals surface area contributed by atoms with Crippen LogP contribution in [0.4, 0.5) is 5.69 Å². The summed E-state index contributed by atoms with van der Waals surface area (Å²) >= 11 is 0. The minimum Gasteiger partial charge on any atom is -0.398 e. The molecule has 0 atom stereocenters. The van der Waals surface area contributed by atoms with E-state index in [0.717, 1.165) is 10.8 Å². The van der Waals surface area contributed by atoms with Gasteiger partial charge in [0.25, 0.3) is 5.91 Å². The fraction of sp³-hybridized carbons (Fsp3) is 0.267. The van der Waals surface area contributed by atoms with Gasteiger partial charge >= 0.3 is 0 Å². The third kappa shape index (κ3) is 2.27. The van der Waals surface area contributed by atoms with Gasteiger partial charge in [-0.1, -0.05) is 24.3 Å².